The van der Waals surface area contributed by atoms with E-state index in [9.17, 15) is 19.3 Å². The maximum absolute atomic E-state index is 13.3. The quantitative estimate of drug-likeness (QED) is 0.594. The normalized spacial score (nSPS) is 26.3. The second-order valence-corrected chi connectivity index (χ2v) is 6.47. The fourth-order valence-corrected chi connectivity index (χ4v) is 3.17. The Labute approximate surface area is 139 Å². The van der Waals surface area contributed by atoms with E-state index in [1.54, 1.807) is 17.9 Å². The van der Waals surface area contributed by atoms with E-state index in [1.165, 1.54) is 12.1 Å². The lowest BCUT2D eigenvalue weighted by Crippen LogP contribution is -2.52. The fraction of sp³-hybridized carbons (Fsp3) is 0.562. The Morgan fingerprint density at radius 1 is 1.42 bits per heavy atom. The van der Waals surface area contributed by atoms with E-state index in [-0.39, 0.29) is 17.8 Å². The molecular formula is C16H21FN4O3. The molecule has 0 bridgehead atoms. The van der Waals surface area contributed by atoms with E-state index in [0.29, 0.717) is 13.0 Å². The Balaban J connectivity index is 1.69. The van der Waals surface area contributed by atoms with Gasteiger partial charge >= 0.3 is 0 Å². The number of rotatable bonds is 6. The zero-order valence-corrected chi connectivity index (χ0v) is 13.4. The number of halogens is 1. The lowest BCUT2D eigenvalue weighted by atomic mass is 10.0. The number of amides is 1. The summed E-state index contributed by atoms with van der Waals surface area (Å²) < 4.78 is 13.3. The Kier molecular flexibility index (Phi) is 4.77. The van der Waals surface area contributed by atoms with Crippen molar-refractivity contribution < 1.29 is 14.1 Å². The topological polar surface area (TPSA) is 87.5 Å². The highest BCUT2D eigenvalue weighted by Crippen LogP contribution is 2.28. The Morgan fingerprint density at radius 2 is 2.17 bits per heavy atom. The predicted molar refractivity (Wildman–Crippen MR) is 85.1 cm³/mol. The number of carbonyl (C=O) groups excluding carboxylic acids is 1. The van der Waals surface area contributed by atoms with Crippen LogP contribution in [0.15, 0.2) is 24.3 Å². The molecule has 2 fully saturated rings. The first-order valence-corrected chi connectivity index (χ1v) is 8.17. The van der Waals surface area contributed by atoms with E-state index < -0.39 is 23.0 Å². The van der Waals surface area contributed by atoms with Crippen molar-refractivity contribution in [2.75, 3.05) is 6.54 Å². The first-order valence-electron chi connectivity index (χ1n) is 8.17. The van der Waals surface area contributed by atoms with Crippen LogP contribution >= 0.6 is 0 Å². The highest BCUT2D eigenvalue weighted by molar-refractivity contribution is 5.83. The summed E-state index contributed by atoms with van der Waals surface area (Å²) in [6.07, 6.45) is 2.35. The molecule has 1 amide bonds. The van der Waals surface area contributed by atoms with Crippen LogP contribution in [0.25, 0.3) is 0 Å². The summed E-state index contributed by atoms with van der Waals surface area (Å²) in [6, 6.07) is 4.14. The molecule has 3 atom stereocenters. The van der Waals surface area contributed by atoms with Gasteiger partial charge < -0.3 is 4.90 Å². The zero-order valence-electron chi connectivity index (χ0n) is 13.4. The monoisotopic (exact) mass is 336 g/mol. The van der Waals surface area contributed by atoms with Gasteiger partial charge in [0.05, 0.1) is 6.04 Å². The average molecular weight is 336 g/mol. The van der Waals surface area contributed by atoms with Crippen LogP contribution in [0.2, 0.25) is 0 Å². The third-order valence-corrected chi connectivity index (χ3v) is 4.63. The molecule has 0 spiro atoms. The molecule has 1 aromatic carbocycles. The van der Waals surface area contributed by atoms with Gasteiger partial charge in [0, 0.05) is 17.5 Å². The Bertz CT molecular complexity index is 638. The fourth-order valence-electron chi connectivity index (χ4n) is 3.17. The van der Waals surface area contributed by atoms with Crippen molar-refractivity contribution in [2.24, 2.45) is 0 Å². The molecular weight excluding hydrogens is 315 g/mol. The third-order valence-electron chi connectivity index (χ3n) is 4.63. The van der Waals surface area contributed by atoms with Gasteiger partial charge in [-0.1, -0.05) is 12.1 Å². The van der Waals surface area contributed by atoms with Crippen LogP contribution in [0, 0.1) is 15.9 Å². The molecule has 0 aromatic heterocycles. The molecule has 3 rings (SSSR count). The molecule has 130 valence electrons. The number of nitrogens with one attached hydrogen (secondary N) is 2. The van der Waals surface area contributed by atoms with Crippen LogP contribution in [0.5, 0.6) is 0 Å². The second kappa shape index (κ2) is 6.82. The van der Waals surface area contributed by atoms with Crippen LogP contribution in [0.1, 0.15) is 25.3 Å². The molecule has 1 aromatic rings. The summed E-state index contributed by atoms with van der Waals surface area (Å²) in [5.41, 5.74) is 6.36. The molecule has 24 heavy (non-hydrogen) atoms. The van der Waals surface area contributed by atoms with E-state index in [1.807, 2.05) is 6.07 Å². The standard InChI is InChI=1S/C16H21FN4O3/c1-10-15(21(23)24)14(19-18-10)16(22)20(13-5-6-13)8-7-11-3-2-4-12(17)9-11/h2-4,9-10,13-15,18-19H,5-8H2,1H3. The number of hydrogen-bond acceptors (Lipinski definition) is 5. The molecule has 1 saturated heterocycles. The number of carbonyl (C=O) groups is 1. The van der Waals surface area contributed by atoms with Crippen molar-refractivity contribution in [3.63, 3.8) is 0 Å². The molecule has 1 saturated carbocycles. The van der Waals surface area contributed by atoms with Crippen molar-refractivity contribution in [1.82, 2.24) is 15.8 Å². The molecule has 2 N–H and O–H groups in total. The SMILES string of the molecule is CC1NNC(C(=O)N(CCc2cccc(F)c2)C2CC2)C1[N+](=O)[O-]. The molecule has 1 aliphatic carbocycles. The number of nitro groups is 1. The molecule has 2 aliphatic rings. The average Bonchev–Trinajstić information content (AvgIpc) is 3.28. The maximum Gasteiger partial charge on any atom is 0.254 e. The van der Waals surface area contributed by atoms with E-state index in [2.05, 4.69) is 10.9 Å². The number of hydrazine groups is 1. The van der Waals surface area contributed by atoms with Crippen molar-refractivity contribution in [3.05, 3.63) is 45.8 Å². The zero-order chi connectivity index (χ0) is 17.3. The first-order chi connectivity index (χ1) is 11.5. The Morgan fingerprint density at radius 3 is 2.79 bits per heavy atom. The summed E-state index contributed by atoms with van der Waals surface area (Å²) in [4.78, 5) is 25.4. The van der Waals surface area contributed by atoms with Gasteiger partial charge in [0.1, 0.15) is 5.82 Å². The van der Waals surface area contributed by atoms with E-state index >= 15 is 0 Å². The third kappa shape index (κ3) is 3.54. The van der Waals surface area contributed by atoms with Crippen molar-refractivity contribution in [2.45, 2.75) is 50.4 Å². The van der Waals surface area contributed by atoms with E-state index in [0.717, 1.165) is 18.4 Å². The van der Waals surface area contributed by atoms with Gasteiger partial charge in [0.25, 0.3) is 6.04 Å². The van der Waals surface area contributed by atoms with Gasteiger partial charge in [0.2, 0.25) is 5.91 Å². The number of benzene rings is 1. The van der Waals surface area contributed by atoms with Gasteiger partial charge in [-0.05, 0) is 43.9 Å². The summed E-state index contributed by atoms with van der Waals surface area (Å²) in [5, 5.41) is 11.3. The second-order valence-electron chi connectivity index (χ2n) is 6.47. The van der Waals surface area contributed by atoms with Gasteiger partial charge in [-0.3, -0.25) is 14.9 Å². The van der Waals surface area contributed by atoms with Gasteiger partial charge in [-0.15, -0.1) is 0 Å². The van der Waals surface area contributed by atoms with Crippen LogP contribution in [0.4, 0.5) is 4.39 Å². The minimum atomic E-state index is -0.993. The molecule has 1 aliphatic heterocycles. The highest BCUT2D eigenvalue weighted by Gasteiger charge is 2.49. The minimum Gasteiger partial charge on any atom is -0.338 e. The van der Waals surface area contributed by atoms with Crippen molar-refractivity contribution in [1.29, 1.82) is 0 Å². The van der Waals surface area contributed by atoms with Gasteiger partial charge in [-0.2, -0.15) is 0 Å². The van der Waals surface area contributed by atoms with Gasteiger partial charge in [0.15, 0.2) is 6.04 Å². The number of nitrogens with zero attached hydrogens (tertiary/aromatic N) is 2. The van der Waals surface area contributed by atoms with E-state index in [4.69, 9.17) is 0 Å². The summed E-state index contributed by atoms with van der Waals surface area (Å²) >= 11 is 0. The lowest BCUT2D eigenvalue weighted by molar-refractivity contribution is -0.523. The molecule has 0 radical (unpaired) electrons. The first kappa shape index (κ1) is 16.8. The molecule has 3 unspecified atom stereocenters. The maximum atomic E-state index is 13.3. The van der Waals surface area contributed by atoms with Crippen molar-refractivity contribution in [3.8, 4) is 0 Å². The summed E-state index contributed by atoms with van der Waals surface area (Å²) in [7, 11) is 0. The Hall–Kier alpha value is -2.06. The largest absolute Gasteiger partial charge is 0.338 e. The lowest BCUT2D eigenvalue weighted by Gasteiger charge is -2.26. The smallest absolute Gasteiger partial charge is 0.254 e. The van der Waals surface area contributed by atoms with Crippen LogP contribution in [-0.2, 0) is 11.2 Å². The summed E-state index contributed by atoms with van der Waals surface area (Å²) in [5.74, 6) is -0.562. The van der Waals surface area contributed by atoms with Crippen LogP contribution in [-0.4, -0.2) is 46.4 Å². The predicted octanol–water partition coefficient (Wildman–Crippen LogP) is 0.869. The van der Waals surface area contributed by atoms with Crippen LogP contribution < -0.4 is 10.9 Å². The molecule has 8 heteroatoms. The van der Waals surface area contributed by atoms with Crippen molar-refractivity contribution >= 4 is 5.91 Å². The molecule has 1 heterocycles. The minimum absolute atomic E-state index is 0.135. The van der Waals surface area contributed by atoms with Crippen LogP contribution in [0.3, 0.4) is 0 Å². The highest BCUT2D eigenvalue weighted by atomic mass is 19.1. The van der Waals surface area contributed by atoms with Gasteiger partial charge in [-0.25, -0.2) is 15.2 Å². The molecule has 7 nitrogen and oxygen atoms in total. The summed E-state index contributed by atoms with van der Waals surface area (Å²) in [6.45, 7) is 2.12. The number of hydrogen-bond donors (Lipinski definition) is 2.